The fraction of sp³-hybridized carbons (Fsp3) is 0.467. The molecule has 0 N–H and O–H groups in total. The molecule has 1 aliphatic rings. The SMILES string of the molecule is CSC1(C#N)CCN(C(=O)c2ccc(C)c(Br)c2)CC1. The number of likely N-dealkylation sites (tertiary alicyclic amines) is 1. The maximum atomic E-state index is 12.5. The van der Waals surface area contributed by atoms with Gasteiger partial charge in [-0.25, -0.2) is 0 Å². The third-order valence-corrected chi connectivity index (χ3v) is 6.01. The van der Waals surface area contributed by atoms with Gasteiger partial charge >= 0.3 is 0 Å². The summed E-state index contributed by atoms with van der Waals surface area (Å²) < 4.78 is 0.640. The Morgan fingerprint density at radius 1 is 1.45 bits per heavy atom. The molecule has 1 amide bonds. The molecule has 1 saturated heterocycles. The monoisotopic (exact) mass is 352 g/mol. The summed E-state index contributed by atoms with van der Waals surface area (Å²) in [6, 6.07) is 8.09. The fourth-order valence-corrected chi connectivity index (χ4v) is 3.40. The number of amides is 1. The van der Waals surface area contributed by atoms with E-state index in [1.807, 2.05) is 36.3 Å². The number of rotatable bonds is 2. The fourth-order valence-electron chi connectivity index (χ4n) is 2.34. The standard InChI is InChI=1S/C15H17BrN2OS/c1-11-3-4-12(9-13(11)16)14(19)18-7-5-15(10-17,20-2)6-8-18/h3-4,9H,5-8H2,1-2H3. The zero-order chi connectivity index (χ0) is 14.8. The average Bonchev–Trinajstić information content (AvgIpc) is 2.49. The van der Waals surface area contributed by atoms with Crippen molar-refractivity contribution < 1.29 is 4.79 Å². The summed E-state index contributed by atoms with van der Waals surface area (Å²) in [5.74, 6) is 0.0540. The van der Waals surface area contributed by atoms with Gasteiger partial charge in [0.05, 0.1) is 6.07 Å². The molecule has 1 fully saturated rings. The second-order valence-electron chi connectivity index (χ2n) is 5.07. The van der Waals surface area contributed by atoms with E-state index in [9.17, 15) is 10.1 Å². The molecule has 0 radical (unpaired) electrons. The van der Waals surface area contributed by atoms with Crippen molar-refractivity contribution >= 4 is 33.6 Å². The van der Waals surface area contributed by atoms with Crippen LogP contribution in [0.2, 0.25) is 0 Å². The summed E-state index contributed by atoms with van der Waals surface area (Å²) in [5, 5.41) is 9.27. The highest BCUT2D eigenvalue weighted by Gasteiger charge is 2.35. The first-order valence-corrected chi connectivity index (χ1v) is 8.55. The van der Waals surface area contributed by atoms with E-state index in [1.54, 1.807) is 11.8 Å². The van der Waals surface area contributed by atoms with Crippen LogP contribution in [0.3, 0.4) is 0 Å². The molecule has 5 heteroatoms. The van der Waals surface area contributed by atoms with E-state index < -0.39 is 0 Å². The van der Waals surface area contributed by atoms with Gasteiger partial charge in [-0.15, -0.1) is 11.8 Å². The van der Waals surface area contributed by atoms with Crippen molar-refractivity contribution in [3.8, 4) is 6.07 Å². The van der Waals surface area contributed by atoms with E-state index in [2.05, 4.69) is 22.0 Å². The maximum Gasteiger partial charge on any atom is 0.253 e. The average molecular weight is 353 g/mol. The number of nitrogens with zero attached hydrogens (tertiary/aromatic N) is 2. The highest BCUT2D eigenvalue weighted by molar-refractivity contribution is 9.10. The molecule has 1 aromatic carbocycles. The van der Waals surface area contributed by atoms with Gasteiger partial charge in [-0.1, -0.05) is 22.0 Å². The number of hydrogen-bond donors (Lipinski definition) is 0. The minimum Gasteiger partial charge on any atom is -0.338 e. The lowest BCUT2D eigenvalue weighted by Gasteiger charge is -2.36. The molecule has 20 heavy (non-hydrogen) atoms. The molecule has 0 aliphatic carbocycles. The smallest absolute Gasteiger partial charge is 0.253 e. The molecule has 106 valence electrons. The van der Waals surface area contributed by atoms with Crippen LogP contribution in [0.5, 0.6) is 0 Å². The minimum absolute atomic E-state index is 0.0540. The first-order valence-electron chi connectivity index (χ1n) is 6.53. The second-order valence-corrected chi connectivity index (χ2v) is 7.11. The highest BCUT2D eigenvalue weighted by Crippen LogP contribution is 2.34. The summed E-state index contributed by atoms with van der Waals surface area (Å²) in [7, 11) is 0. The lowest BCUT2D eigenvalue weighted by molar-refractivity contribution is 0.0716. The van der Waals surface area contributed by atoms with Gasteiger partial charge in [-0.05, 0) is 43.7 Å². The Labute approximate surface area is 132 Å². The van der Waals surface area contributed by atoms with Gasteiger partial charge in [-0.3, -0.25) is 4.79 Å². The highest BCUT2D eigenvalue weighted by atomic mass is 79.9. The van der Waals surface area contributed by atoms with Crippen molar-refractivity contribution in [1.29, 1.82) is 5.26 Å². The quantitative estimate of drug-likeness (QED) is 0.816. The van der Waals surface area contributed by atoms with E-state index in [-0.39, 0.29) is 10.7 Å². The first kappa shape index (κ1) is 15.4. The Kier molecular flexibility index (Phi) is 4.77. The van der Waals surface area contributed by atoms with Gasteiger partial charge in [0.2, 0.25) is 0 Å². The molecule has 0 spiro atoms. The normalized spacial score (nSPS) is 17.6. The van der Waals surface area contributed by atoms with Gasteiger partial charge in [0.25, 0.3) is 5.91 Å². The lowest BCUT2D eigenvalue weighted by Crippen LogP contribution is -2.44. The summed E-state index contributed by atoms with van der Waals surface area (Å²) in [6.45, 7) is 3.30. The minimum atomic E-state index is -0.315. The molecule has 3 nitrogen and oxygen atoms in total. The van der Waals surface area contributed by atoms with Crippen LogP contribution < -0.4 is 0 Å². The number of carbonyl (C=O) groups excluding carboxylic acids is 1. The number of thioether (sulfide) groups is 1. The molecule has 1 aromatic rings. The molecule has 0 atom stereocenters. The van der Waals surface area contributed by atoms with Crippen LogP contribution in [0.4, 0.5) is 0 Å². The van der Waals surface area contributed by atoms with E-state index in [1.165, 1.54) is 0 Å². The van der Waals surface area contributed by atoms with Crippen LogP contribution in [-0.4, -0.2) is 34.9 Å². The van der Waals surface area contributed by atoms with Crippen molar-refractivity contribution in [2.24, 2.45) is 0 Å². The van der Waals surface area contributed by atoms with Gasteiger partial charge in [0.1, 0.15) is 4.75 Å². The van der Waals surface area contributed by atoms with Gasteiger partial charge < -0.3 is 4.90 Å². The Hall–Kier alpha value is -0.990. The molecule has 1 heterocycles. The van der Waals surface area contributed by atoms with Crippen LogP contribution >= 0.6 is 27.7 Å². The summed E-state index contributed by atoms with van der Waals surface area (Å²) in [5.41, 5.74) is 1.82. The molecule has 0 unspecified atom stereocenters. The van der Waals surface area contributed by atoms with E-state index >= 15 is 0 Å². The predicted octanol–water partition coefficient (Wildman–Crippen LogP) is 3.62. The number of hydrogen-bond acceptors (Lipinski definition) is 3. The van der Waals surface area contributed by atoms with Crippen LogP contribution in [0.1, 0.15) is 28.8 Å². The summed E-state index contributed by atoms with van der Waals surface area (Å²) in [4.78, 5) is 14.3. The van der Waals surface area contributed by atoms with Crippen LogP contribution in [0.15, 0.2) is 22.7 Å². The topological polar surface area (TPSA) is 44.1 Å². The van der Waals surface area contributed by atoms with Crippen molar-refractivity contribution in [1.82, 2.24) is 4.90 Å². The summed E-state index contributed by atoms with van der Waals surface area (Å²) >= 11 is 5.06. The van der Waals surface area contributed by atoms with E-state index in [0.717, 1.165) is 22.9 Å². The Morgan fingerprint density at radius 2 is 2.10 bits per heavy atom. The van der Waals surface area contributed by atoms with Crippen LogP contribution in [0, 0.1) is 18.3 Å². The van der Waals surface area contributed by atoms with Crippen LogP contribution in [0.25, 0.3) is 0 Å². The van der Waals surface area contributed by atoms with Crippen molar-refractivity contribution in [3.05, 3.63) is 33.8 Å². The number of halogens is 1. The number of aryl methyl sites for hydroxylation is 1. The molecular weight excluding hydrogens is 336 g/mol. The molecule has 0 bridgehead atoms. The molecule has 0 saturated carbocycles. The summed E-state index contributed by atoms with van der Waals surface area (Å²) in [6.07, 6.45) is 3.45. The Morgan fingerprint density at radius 3 is 2.60 bits per heavy atom. The van der Waals surface area contributed by atoms with Gasteiger partial charge in [-0.2, -0.15) is 5.26 Å². The third kappa shape index (κ3) is 3.02. The zero-order valence-electron chi connectivity index (χ0n) is 11.6. The van der Waals surface area contributed by atoms with E-state index in [4.69, 9.17) is 0 Å². The van der Waals surface area contributed by atoms with E-state index in [0.29, 0.717) is 18.7 Å². The zero-order valence-corrected chi connectivity index (χ0v) is 14.1. The molecule has 2 rings (SSSR count). The van der Waals surface area contributed by atoms with Crippen LogP contribution in [-0.2, 0) is 0 Å². The predicted molar refractivity (Wildman–Crippen MR) is 85.9 cm³/mol. The van der Waals surface area contributed by atoms with Crippen molar-refractivity contribution in [2.45, 2.75) is 24.5 Å². The first-order chi connectivity index (χ1) is 9.51. The second kappa shape index (κ2) is 6.19. The number of piperidine rings is 1. The van der Waals surface area contributed by atoms with Crippen molar-refractivity contribution in [2.75, 3.05) is 19.3 Å². The molecule has 1 aliphatic heterocycles. The Balaban J connectivity index is 2.09. The van der Waals surface area contributed by atoms with Gasteiger partial charge in [0, 0.05) is 23.1 Å². The van der Waals surface area contributed by atoms with Gasteiger partial charge in [0.15, 0.2) is 0 Å². The van der Waals surface area contributed by atoms with Crippen molar-refractivity contribution in [3.63, 3.8) is 0 Å². The number of carbonyl (C=O) groups is 1. The third-order valence-electron chi connectivity index (χ3n) is 3.87. The number of nitriles is 1. The molecule has 0 aromatic heterocycles. The largest absolute Gasteiger partial charge is 0.338 e. The molecular formula is C15H17BrN2OS. The lowest BCUT2D eigenvalue weighted by atomic mass is 9.96. The maximum absolute atomic E-state index is 12.5. The Bertz CT molecular complexity index is 559. The number of benzene rings is 1.